The summed E-state index contributed by atoms with van der Waals surface area (Å²) < 4.78 is 13.9. The maximum absolute atomic E-state index is 13.9. The van der Waals surface area contributed by atoms with Crippen molar-refractivity contribution in [2.45, 2.75) is 50.9 Å². The van der Waals surface area contributed by atoms with Crippen molar-refractivity contribution in [3.8, 4) is 0 Å². The fourth-order valence-electron chi connectivity index (χ4n) is 3.50. The first-order valence-corrected chi connectivity index (χ1v) is 11.3. The number of rotatable bonds is 5. The van der Waals surface area contributed by atoms with Crippen molar-refractivity contribution in [2.75, 3.05) is 12.3 Å². The Bertz CT molecular complexity index is 908. The second-order valence-corrected chi connectivity index (χ2v) is 9.70. The summed E-state index contributed by atoms with van der Waals surface area (Å²) >= 11 is 1.49. The predicted molar refractivity (Wildman–Crippen MR) is 120 cm³/mol. The molecule has 0 spiro atoms. The zero-order valence-corrected chi connectivity index (χ0v) is 18.8. The topological polar surface area (TPSA) is 49.4 Å². The van der Waals surface area contributed by atoms with E-state index < -0.39 is 11.4 Å². The van der Waals surface area contributed by atoms with E-state index in [9.17, 15) is 14.0 Å². The van der Waals surface area contributed by atoms with Crippen molar-refractivity contribution < 1.29 is 14.0 Å². The zero-order chi connectivity index (χ0) is 21.9. The molecule has 0 unspecified atom stereocenters. The molecule has 0 saturated carbocycles. The molecule has 6 heteroatoms. The van der Waals surface area contributed by atoms with E-state index in [1.807, 2.05) is 31.2 Å². The van der Waals surface area contributed by atoms with E-state index in [1.165, 1.54) is 23.9 Å². The van der Waals surface area contributed by atoms with Gasteiger partial charge in [-0.15, -0.1) is 11.8 Å². The number of thioether (sulfide) groups is 1. The lowest BCUT2D eigenvalue weighted by atomic mass is 9.86. The molecule has 1 fully saturated rings. The number of halogens is 1. The van der Waals surface area contributed by atoms with Gasteiger partial charge in [0.2, 0.25) is 5.91 Å². The van der Waals surface area contributed by atoms with Crippen molar-refractivity contribution in [1.82, 2.24) is 10.2 Å². The molecule has 0 aromatic heterocycles. The van der Waals surface area contributed by atoms with Crippen LogP contribution in [0.3, 0.4) is 0 Å². The standard InChI is InChI=1S/C24H29FN2O2S/c1-5-13-26-21(28)20-15-30-23(17-7-6-8-19(25)14-17)27(20)22(29)16-9-11-18(12-10-16)24(2,3)4/h6-12,14,20,23H,5,13,15H2,1-4H3,(H,26,28)/t20-,23+/m1/s1. The number of nitrogens with zero attached hydrogens (tertiary/aromatic N) is 1. The highest BCUT2D eigenvalue weighted by Crippen LogP contribution is 2.42. The Morgan fingerprint density at radius 2 is 1.87 bits per heavy atom. The number of benzene rings is 2. The van der Waals surface area contributed by atoms with Crippen LogP contribution in [0.5, 0.6) is 0 Å². The summed E-state index contributed by atoms with van der Waals surface area (Å²) in [6.07, 6.45) is 0.821. The number of carbonyl (C=O) groups is 2. The molecule has 30 heavy (non-hydrogen) atoms. The molecule has 3 rings (SSSR count). The molecule has 160 valence electrons. The first-order valence-electron chi connectivity index (χ1n) is 10.3. The summed E-state index contributed by atoms with van der Waals surface area (Å²) in [5, 5.41) is 2.49. The van der Waals surface area contributed by atoms with Gasteiger partial charge in [0.1, 0.15) is 17.2 Å². The minimum Gasteiger partial charge on any atom is -0.354 e. The van der Waals surface area contributed by atoms with Crippen LogP contribution in [0.15, 0.2) is 48.5 Å². The van der Waals surface area contributed by atoms with E-state index in [1.54, 1.807) is 17.0 Å². The van der Waals surface area contributed by atoms with Crippen LogP contribution in [0.25, 0.3) is 0 Å². The summed E-state index contributed by atoms with van der Waals surface area (Å²) in [7, 11) is 0. The normalized spacial score (nSPS) is 19.0. The molecular formula is C24H29FN2O2S. The number of amides is 2. The van der Waals surface area contributed by atoms with Crippen LogP contribution < -0.4 is 5.32 Å². The van der Waals surface area contributed by atoms with E-state index in [0.29, 0.717) is 23.4 Å². The van der Waals surface area contributed by atoms with Crippen LogP contribution >= 0.6 is 11.8 Å². The fraction of sp³-hybridized carbons (Fsp3) is 0.417. The maximum Gasteiger partial charge on any atom is 0.255 e. The van der Waals surface area contributed by atoms with Gasteiger partial charge < -0.3 is 10.2 Å². The molecule has 1 heterocycles. The van der Waals surface area contributed by atoms with E-state index in [0.717, 1.165) is 12.0 Å². The molecule has 1 aliphatic rings. The molecule has 1 aliphatic heterocycles. The van der Waals surface area contributed by atoms with Gasteiger partial charge in [0.15, 0.2) is 0 Å². The second-order valence-electron chi connectivity index (χ2n) is 8.59. The van der Waals surface area contributed by atoms with E-state index >= 15 is 0 Å². The quantitative estimate of drug-likeness (QED) is 0.736. The summed E-state index contributed by atoms with van der Waals surface area (Å²) in [6.45, 7) is 8.91. The summed E-state index contributed by atoms with van der Waals surface area (Å²) in [5.41, 5.74) is 2.33. The predicted octanol–water partition coefficient (Wildman–Crippen LogP) is 4.91. The van der Waals surface area contributed by atoms with Crippen molar-refractivity contribution in [1.29, 1.82) is 0 Å². The number of carbonyl (C=O) groups excluding carboxylic acids is 2. The Balaban J connectivity index is 1.94. The summed E-state index contributed by atoms with van der Waals surface area (Å²) in [4.78, 5) is 27.9. The third kappa shape index (κ3) is 4.86. The van der Waals surface area contributed by atoms with Crippen molar-refractivity contribution in [3.05, 3.63) is 71.0 Å². The molecule has 0 bridgehead atoms. The highest BCUT2D eigenvalue weighted by molar-refractivity contribution is 7.99. The SMILES string of the molecule is CCCNC(=O)[C@H]1CS[C@@H](c2cccc(F)c2)N1C(=O)c1ccc(C(C)(C)C)cc1. The maximum atomic E-state index is 13.9. The first kappa shape index (κ1) is 22.3. The molecule has 2 aromatic carbocycles. The molecule has 2 amide bonds. The lowest BCUT2D eigenvalue weighted by molar-refractivity contribution is -0.124. The number of hydrogen-bond acceptors (Lipinski definition) is 3. The van der Waals surface area contributed by atoms with Gasteiger partial charge in [-0.25, -0.2) is 4.39 Å². The Labute approximate surface area is 182 Å². The van der Waals surface area contributed by atoms with Crippen LogP contribution in [0, 0.1) is 5.82 Å². The van der Waals surface area contributed by atoms with Crippen LogP contribution in [0.2, 0.25) is 0 Å². The van der Waals surface area contributed by atoms with E-state index in [-0.39, 0.29) is 23.0 Å². The summed E-state index contributed by atoms with van der Waals surface area (Å²) in [5.74, 6) is -0.258. The van der Waals surface area contributed by atoms with Gasteiger partial charge in [0.25, 0.3) is 5.91 Å². The first-order chi connectivity index (χ1) is 14.2. The fourth-order valence-corrected chi connectivity index (χ4v) is 4.92. The molecule has 0 aliphatic carbocycles. The molecule has 1 saturated heterocycles. The molecule has 2 aromatic rings. The van der Waals surface area contributed by atoms with Crippen molar-refractivity contribution in [2.24, 2.45) is 0 Å². The van der Waals surface area contributed by atoms with Gasteiger partial charge in [-0.3, -0.25) is 9.59 Å². The Hall–Kier alpha value is -2.34. The lowest BCUT2D eigenvalue weighted by Crippen LogP contribution is -2.48. The highest BCUT2D eigenvalue weighted by Gasteiger charge is 2.42. The smallest absolute Gasteiger partial charge is 0.255 e. The highest BCUT2D eigenvalue weighted by atomic mass is 32.2. The monoisotopic (exact) mass is 428 g/mol. The third-order valence-electron chi connectivity index (χ3n) is 5.22. The summed E-state index contributed by atoms with van der Waals surface area (Å²) in [6, 6.07) is 13.2. The average molecular weight is 429 g/mol. The number of hydrogen-bond donors (Lipinski definition) is 1. The van der Waals surface area contributed by atoms with Crippen molar-refractivity contribution >= 4 is 23.6 Å². The van der Waals surface area contributed by atoms with Gasteiger partial charge in [-0.05, 0) is 47.2 Å². The Morgan fingerprint density at radius 3 is 2.47 bits per heavy atom. The van der Waals surface area contributed by atoms with Gasteiger partial charge >= 0.3 is 0 Å². The zero-order valence-electron chi connectivity index (χ0n) is 17.9. The lowest BCUT2D eigenvalue weighted by Gasteiger charge is -2.29. The van der Waals surface area contributed by atoms with E-state index in [4.69, 9.17) is 0 Å². The van der Waals surface area contributed by atoms with Gasteiger partial charge in [-0.1, -0.05) is 52.0 Å². The Morgan fingerprint density at radius 1 is 1.17 bits per heavy atom. The van der Waals surface area contributed by atoms with Crippen LogP contribution in [-0.2, 0) is 10.2 Å². The number of nitrogens with one attached hydrogen (secondary N) is 1. The molecular weight excluding hydrogens is 399 g/mol. The van der Waals surface area contributed by atoms with Gasteiger partial charge in [-0.2, -0.15) is 0 Å². The largest absolute Gasteiger partial charge is 0.354 e. The molecule has 1 N–H and O–H groups in total. The molecule has 4 nitrogen and oxygen atoms in total. The molecule has 2 atom stereocenters. The minimum atomic E-state index is -0.593. The van der Waals surface area contributed by atoms with Crippen LogP contribution in [0.4, 0.5) is 4.39 Å². The van der Waals surface area contributed by atoms with Crippen molar-refractivity contribution in [3.63, 3.8) is 0 Å². The second kappa shape index (κ2) is 9.21. The van der Waals surface area contributed by atoms with E-state index in [2.05, 4.69) is 26.1 Å². The third-order valence-corrected chi connectivity index (χ3v) is 6.54. The minimum absolute atomic E-state index is 0.0161. The van der Waals surface area contributed by atoms with Gasteiger partial charge in [0.05, 0.1) is 0 Å². The Kier molecular flexibility index (Phi) is 6.86. The van der Waals surface area contributed by atoms with Crippen LogP contribution in [-0.4, -0.2) is 35.1 Å². The average Bonchev–Trinajstić information content (AvgIpc) is 3.16. The van der Waals surface area contributed by atoms with Crippen LogP contribution in [0.1, 0.15) is 61.0 Å². The van der Waals surface area contributed by atoms with Gasteiger partial charge in [0, 0.05) is 17.9 Å². The molecule has 0 radical (unpaired) electrons.